The molecule has 0 amide bonds. The van der Waals surface area contributed by atoms with Gasteiger partial charge in [-0.1, -0.05) is 35.9 Å². The van der Waals surface area contributed by atoms with Crippen LogP contribution in [0.15, 0.2) is 46.9 Å². The highest BCUT2D eigenvalue weighted by molar-refractivity contribution is 7.71. The molecular weight excluding hydrogens is 316 g/mol. The summed E-state index contributed by atoms with van der Waals surface area (Å²) in [6.45, 7) is 2.68. The molecule has 1 aliphatic heterocycles. The molecule has 0 atom stereocenters. The molecule has 0 aliphatic carbocycles. The van der Waals surface area contributed by atoms with Crippen LogP contribution in [0.5, 0.6) is 0 Å². The third kappa shape index (κ3) is 2.47. The number of hydrogen-bond acceptors (Lipinski definition) is 3. The Morgan fingerprint density at radius 1 is 1.14 bits per heavy atom. The molecule has 0 bridgehead atoms. The number of nitrogens with zero attached hydrogens (tertiary/aromatic N) is 2. The van der Waals surface area contributed by atoms with E-state index in [0.717, 1.165) is 37.3 Å². The van der Waals surface area contributed by atoms with Crippen LogP contribution in [0.25, 0.3) is 11.1 Å². The molecule has 3 aromatic rings. The Hall–Kier alpha value is -1.62. The van der Waals surface area contributed by atoms with Crippen LogP contribution in [0.1, 0.15) is 11.1 Å². The molecule has 1 aliphatic rings. The van der Waals surface area contributed by atoms with Crippen molar-refractivity contribution in [1.82, 2.24) is 9.47 Å². The van der Waals surface area contributed by atoms with Gasteiger partial charge in [0.05, 0.1) is 12.2 Å². The van der Waals surface area contributed by atoms with Crippen molar-refractivity contribution in [3.8, 4) is 0 Å². The topological polar surface area (TPSA) is 21.3 Å². The Labute approximate surface area is 138 Å². The van der Waals surface area contributed by atoms with E-state index < -0.39 is 0 Å². The summed E-state index contributed by atoms with van der Waals surface area (Å²) in [5.41, 5.74) is 4.58. The fraction of sp³-hybridized carbons (Fsp3) is 0.235. The molecule has 0 saturated carbocycles. The first kappa shape index (κ1) is 14.0. The first-order valence-corrected chi connectivity index (χ1v) is 8.07. The van der Waals surface area contributed by atoms with E-state index in [1.165, 1.54) is 11.1 Å². The number of rotatable bonds is 2. The van der Waals surface area contributed by atoms with Gasteiger partial charge < -0.3 is 4.42 Å². The normalized spacial score (nSPS) is 15.1. The van der Waals surface area contributed by atoms with Crippen molar-refractivity contribution < 1.29 is 4.42 Å². The molecule has 22 heavy (non-hydrogen) atoms. The highest BCUT2D eigenvalue weighted by Gasteiger charge is 2.17. The summed E-state index contributed by atoms with van der Waals surface area (Å²) in [5, 5.41) is 0.695. The predicted octanol–water partition coefficient (Wildman–Crippen LogP) is 4.63. The van der Waals surface area contributed by atoms with Gasteiger partial charge in [0.1, 0.15) is 0 Å². The number of oxazole rings is 1. The second-order valence-electron chi connectivity index (χ2n) is 5.62. The second kappa shape index (κ2) is 5.54. The third-order valence-electron chi connectivity index (χ3n) is 4.18. The SMILES string of the molecule is S=c1oc2ccc(Cl)cc2n1CN1CCc2ccccc2C1. The predicted molar refractivity (Wildman–Crippen MR) is 90.6 cm³/mol. The van der Waals surface area contributed by atoms with Gasteiger partial charge in [-0.25, -0.2) is 0 Å². The molecule has 0 saturated heterocycles. The first-order chi connectivity index (χ1) is 10.7. The Bertz CT molecular complexity index is 899. The molecule has 0 radical (unpaired) electrons. The monoisotopic (exact) mass is 330 g/mol. The van der Waals surface area contributed by atoms with Crippen LogP contribution >= 0.6 is 23.8 Å². The Morgan fingerprint density at radius 2 is 1.95 bits per heavy atom. The van der Waals surface area contributed by atoms with E-state index in [1.807, 2.05) is 22.8 Å². The Kier molecular flexibility index (Phi) is 3.53. The minimum atomic E-state index is 0.496. The number of benzene rings is 2. The van der Waals surface area contributed by atoms with E-state index in [2.05, 4.69) is 29.2 Å². The number of halogens is 1. The van der Waals surface area contributed by atoms with Crippen molar-refractivity contribution in [1.29, 1.82) is 0 Å². The van der Waals surface area contributed by atoms with E-state index in [0.29, 0.717) is 9.86 Å². The van der Waals surface area contributed by atoms with Crippen LogP contribution in [0, 0.1) is 4.84 Å². The smallest absolute Gasteiger partial charge is 0.270 e. The van der Waals surface area contributed by atoms with E-state index in [9.17, 15) is 0 Å². The summed E-state index contributed by atoms with van der Waals surface area (Å²) in [5.74, 6) is 0. The fourth-order valence-corrected chi connectivity index (χ4v) is 3.46. The van der Waals surface area contributed by atoms with Crippen molar-refractivity contribution in [2.75, 3.05) is 6.54 Å². The van der Waals surface area contributed by atoms with E-state index >= 15 is 0 Å². The highest BCUT2D eigenvalue weighted by Crippen LogP contribution is 2.24. The van der Waals surface area contributed by atoms with Gasteiger partial charge in [0.25, 0.3) is 4.84 Å². The van der Waals surface area contributed by atoms with Gasteiger partial charge in [-0.2, -0.15) is 0 Å². The molecule has 5 heteroatoms. The zero-order valence-corrected chi connectivity index (χ0v) is 13.5. The largest absolute Gasteiger partial charge is 0.429 e. The number of hydrogen-bond donors (Lipinski definition) is 0. The zero-order valence-electron chi connectivity index (χ0n) is 12.0. The zero-order chi connectivity index (χ0) is 15.1. The minimum Gasteiger partial charge on any atom is -0.429 e. The van der Waals surface area contributed by atoms with Gasteiger partial charge in [-0.3, -0.25) is 9.47 Å². The minimum absolute atomic E-state index is 0.496. The van der Waals surface area contributed by atoms with Crippen LogP contribution < -0.4 is 0 Å². The lowest BCUT2D eigenvalue weighted by atomic mass is 10.0. The van der Waals surface area contributed by atoms with Crippen molar-refractivity contribution >= 4 is 34.9 Å². The lowest BCUT2D eigenvalue weighted by Gasteiger charge is -2.28. The van der Waals surface area contributed by atoms with E-state index in [1.54, 1.807) is 0 Å². The average molecular weight is 331 g/mol. The molecule has 0 unspecified atom stereocenters. The van der Waals surface area contributed by atoms with Gasteiger partial charge in [0.2, 0.25) is 0 Å². The van der Waals surface area contributed by atoms with Gasteiger partial charge in [0.15, 0.2) is 5.58 Å². The van der Waals surface area contributed by atoms with Gasteiger partial charge in [-0.15, -0.1) is 0 Å². The van der Waals surface area contributed by atoms with Crippen molar-refractivity contribution in [3.63, 3.8) is 0 Å². The Morgan fingerprint density at radius 3 is 2.82 bits per heavy atom. The maximum absolute atomic E-state index is 6.11. The molecule has 0 fully saturated rings. The molecule has 0 N–H and O–H groups in total. The summed E-state index contributed by atoms with van der Waals surface area (Å²) < 4.78 is 7.68. The summed E-state index contributed by atoms with van der Waals surface area (Å²) in [4.78, 5) is 2.88. The second-order valence-corrected chi connectivity index (χ2v) is 6.41. The fourth-order valence-electron chi connectivity index (χ4n) is 3.04. The molecule has 0 spiro atoms. The van der Waals surface area contributed by atoms with Crippen molar-refractivity contribution in [2.45, 2.75) is 19.6 Å². The van der Waals surface area contributed by atoms with E-state index in [4.69, 9.17) is 28.2 Å². The van der Waals surface area contributed by atoms with Crippen molar-refractivity contribution in [2.24, 2.45) is 0 Å². The summed E-state index contributed by atoms with van der Waals surface area (Å²) in [6.07, 6.45) is 1.07. The van der Waals surface area contributed by atoms with Gasteiger partial charge in [-0.05, 0) is 48.0 Å². The van der Waals surface area contributed by atoms with Crippen molar-refractivity contribution in [3.05, 3.63) is 63.5 Å². The van der Waals surface area contributed by atoms with Crippen LogP contribution in [0.4, 0.5) is 0 Å². The first-order valence-electron chi connectivity index (χ1n) is 7.29. The standard InChI is InChI=1S/C17H15ClN2OS/c18-14-5-6-16-15(9-14)20(17(22)21-16)11-19-8-7-12-3-1-2-4-13(12)10-19/h1-6,9H,7-8,10-11H2. The quantitative estimate of drug-likeness (QED) is 0.639. The van der Waals surface area contributed by atoms with Gasteiger partial charge in [0, 0.05) is 18.1 Å². The summed E-state index contributed by atoms with van der Waals surface area (Å²) in [6, 6.07) is 14.2. The Balaban J connectivity index is 1.66. The number of fused-ring (bicyclic) bond motifs is 2. The average Bonchev–Trinajstić information content (AvgIpc) is 2.83. The maximum Gasteiger partial charge on any atom is 0.270 e. The lowest BCUT2D eigenvalue weighted by molar-refractivity contribution is 0.198. The molecule has 2 aromatic carbocycles. The molecule has 112 valence electrons. The molecule has 3 nitrogen and oxygen atoms in total. The van der Waals surface area contributed by atoms with Crippen LogP contribution in [-0.2, 0) is 19.6 Å². The molecule has 1 aromatic heterocycles. The van der Waals surface area contributed by atoms with Gasteiger partial charge >= 0.3 is 0 Å². The lowest BCUT2D eigenvalue weighted by Crippen LogP contribution is -2.32. The molecule has 4 rings (SSSR count). The number of aromatic nitrogens is 1. The van der Waals surface area contributed by atoms with E-state index in [-0.39, 0.29) is 0 Å². The molecular formula is C17H15ClN2OS. The summed E-state index contributed by atoms with van der Waals surface area (Å²) >= 11 is 11.5. The molecule has 2 heterocycles. The van der Waals surface area contributed by atoms with Crippen LogP contribution in [-0.4, -0.2) is 16.0 Å². The highest BCUT2D eigenvalue weighted by atomic mass is 35.5. The van der Waals surface area contributed by atoms with Crippen LogP contribution in [0.2, 0.25) is 5.02 Å². The summed E-state index contributed by atoms with van der Waals surface area (Å²) in [7, 11) is 0. The van der Waals surface area contributed by atoms with Crippen LogP contribution in [0.3, 0.4) is 0 Å². The third-order valence-corrected chi connectivity index (χ3v) is 4.72. The maximum atomic E-state index is 6.11.